The number of esters is 1. The van der Waals surface area contributed by atoms with Gasteiger partial charge in [-0.1, -0.05) is 0 Å². The molecule has 2 amide bonds. The van der Waals surface area contributed by atoms with E-state index in [1.807, 2.05) is 0 Å². The molecule has 0 spiro atoms. The number of anilines is 1. The SMILES string of the molecule is CCOC(=O)N1CCC(NC(=O)COC(=O)c2ccc(NC3CC3)nc2)CC1. The molecule has 1 saturated heterocycles. The Balaban J connectivity index is 1.36. The van der Waals surface area contributed by atoms with Crippen molar-refractivity contribution in [3.8, 4) is 0 Å². The molecule has 0 unspecified atom stereocenters. The number of amides is 2. The molecule has 9 nitrogen and oxygen atoms in total. The summed E-state index contributed by atoms with van der Waals surface area (Å²) >= 11 is 0. The Hall–Kier alpha value is -2.84. The second kappa shape index (κ2) is 9.38. The Kier molecular flexibility index (Phi) is 6.67. The summed E-state index contributed by atoms with van der Waals surface area (Å²) < 4.78 is 10.0. The van der Waals surface area contributed by atoms with E-state index in [0.717, 1.165) is 18.7 Å². The van der Waals surface area contributed by atoms with Crippen LogP contribution < -0.4 is 10.6 Å². The molecule has 0 aromatic carbocycles. The van der Waals surface area contributed by atoms with Crippen LogP contribution in [0.15, 0.2) is 18.3 Å². The lowest BCUT2D eigenvalue weighted by Crippen LogP contribution is -2.47. The molecule has 1 aliphatic carbocycles. The lowest BCUT2D eigenvalue weighted by atomic mass is 10.1. The number of nitrogens with one attached hydrogen (secondary N) is 2. The quantitative estimate of drug-likeness (QED) is 0.680. The molecule has 1 aromatic rings. The Labute approximate surface area is 163 Å². The van der Waals surface area contributed by atoms with Crippen LogP contribution in [-0.4, -0.2) is 66.2 Å². The molecule has 0 radical (unpaired) electrons. The van der Waals surface area contributed by atoms with Gasteiger partial charge in [-0.3, -0.25) is 4.79 Å². The van der Waals surface area contributed by atoms with Crippen LogP contribution in [-0.2, 0) is 14.3 Å². The first-order valence-corrected chi connectivity index (χ1v) is 9.66. The highest BCUT2D eigenvalue weighted by Gasteiger charge is 2.25. The van der Waals surface area contributed by atoms with E-state index in [1.165, 1.54) is 6.20 Å². The normalized spacial score (nSPS) is 17.0. The zero-order valence-electron chi connectivity index (χ0n) is 16.0. The molecule has 1 aromatic heterocycles. The second-order valence-corrected chi connectivity index (χ2v) is 6.95. The Morgan fingerprint density at radius 3 is 2.46 bits per heavy atom. The highest BCUT2D eigenvalue weighted by Crippen LogP contribution is 2.23. The summed E-state index contributed by atoms with van der Waals surface area (Å²) in [6, 6.07) is 3.79. The van der Waals surface area contributed by atoms with Crippen LogP contribution in [0.5, 0.6) is 0 Å². The van der Waals surface area contributed by atoms with Crippen molar-refractivity contribution in [3.63, 3.8) is 0 Å². The number of carbonyl (C=O) groups excluding carboxylic acids is 3. The van der Waals surface area contributed by atoms with Gasteiger partial charge in [-0.15, -0.1) is 0 Å². The fourth-order valence-electron chi connectivity index (χ4n) is 2.94. The van der Waals surface area contributed by atoms with E-state index in [2.05, 4.69) is 15.6 Å². The third kappa shape index (κ3) is 5.83. The number of aromatic nitrogens is 1. The van der Waals surface area contributed by atoms with Gasteiger partial charge in [0, 0.05) is 31.4 Å². The second-order valence-electron chi connectivity index (χ2n) is 6.95. The molecule has 28 heavy (non-hydrogen) atoms. The highest BCUT2D eigenvalue weighted by molar-refractivity contribution is 5.91. The summed E-state index contributed by atoms with van der Waals surface area (Å²) in [5, 5.41) is 6.07. The first-order valence-electron chi connectivity index (χ1n) is 9.66. The van der Waals surface area contributed by atoms with E-state index >= 15 is 0 Å². The van der Waals surface area contributed by atoms with Gasteiger partial charge in [0.2, 0.25) is 0 Å². The number of nitrogens with zero attached hydrogens (tertiary/aromatic N) is 2. The van der Waals surface area contributed by atoms with E-state index in [0.29, 0.717) is 44.1 Å². The van der Waals surface area contributed by atoms with Gasteiger partial charge in [0.05, 0.1) is 12.2 Å². The molecular formula is C19H26N4O5. The van der Waals surface area contributed by atoms with Crippen LogP contribution in [0.25, 0.3) is 0 Å². The van der Waals surface area contributed by atoms with Gasteiger partial charge in [-0.25, -0.2) is 14.6 Å². The van der Waals surface area contributed by atoms with Crippen molar-refractivity contribution < 1.29 is 23.9 Å². The largest absolute Gasteiger partial charge is 0.452 e. The zero-order valence-corrected chi connectivity index (χ0v) is 16.0. The lowest BCUT2D eigenvalue weighted by molar-refractivity contribution is -0.125. The maximum absolute atomic E-state index is 12.0. The van der Waals surface area contributed by atoms with Gasteiger partial charge < -0.3 is 25.0 Å². The van der Waals surface area contributed by atoms with E-state index in [4.69, 9.17) is 9.47 Å². The fraction of sp³-hybridized carbons (Fsp3) is 0.579. The van der Waals surface area contributed by atoms with E-state index in [1.54, 1.807) is 24.0 Å². The number of ether oxygens (including phenoxy) is 2. The molecule has 0 atom stereocenters. The van der Waals surface area contributed by atoms with Crippen molar-refractivity contribution in [3.05, 3.63) is 23.9 Å². The molecule has 152 valence electrons. The van der Waals surface area contributed by atoms with Gasteiger partial charge in [-0.2, -0.15) is 0 Å². The molecule has 0 bridgehead atoms. The minimum Gasteiger partial charge on any atom is -0.452 e. The molecule has 2 aliphatic rings. The summed E-state index contributed by atoms with van der Waals surface area (Å²) in [4.78, 5) is 41.5. The van der Waals surface area contributed by atoms with Gasteiger partial charge in [0.15, 0.2) is 6.61 Å². The van der Waals surface area contributed by atoms with Gasteiger partial charge in [-0.05, 0) is 44.7 Å². The number of pyridine rings is 1. The van der Waals surface area contributed by atoms with Crippen LogP contribution in [0, 0.1) is 0 Å². The van der Waals surface area contributed by atoms with Crippen LogP contribution in [0.1, 0.15) is 43.0 Å². The summed E-state index contributed by atoms with van der Waals surface area (Å²) in [6.07, 6.45) is 4.67. The van der Waals surface area contributed by atoms with Crippen molar-refractivity contribution in [2.75, 3.05) is 31.6 Å². The number of hydrogen-bond acceptors (Lipinski definition) is 7. The molecule has 2 fully saturated rings. The summed E-state index contributed by atoms with van der Waals surface area (Å²) in [5.41, 5.74) is 0.303. The number of carbonyl (C=O) groups is 3. The van der Waals surface area contributed by atoms with Crippen molar-refractivity contribution in [1.29, 1.82) is 0 Å². The predicted octanol–water partition coefficient (Wildman–Crippen LogP) is 1.55. The molecule has 2 heterocycles. The minimum atomic E-state index is -0.585. The molecular weight excluding hydrogens is 364 g/mol. The lowest BCUT2D eigenvalue weighted by Gasteiger charge is -2.31. The van der Waals surface area contributed by atoms with E-state index < -0.39 is 5.97 Å². The number of piperidine rings is 1. The number of hydrogen-bond donors (Lipinski definition) is 2. The van der Waals surface area contributed by atoms with Crippen molar-refractivity contribution in [2.45, 2.75) is 44.7 Å². The first-order chi connectivity index (χ1) is 13.5. The van der Waals surface area contributed by atoms with Gasteiger partial charge in [0.1, 0.15) is 5.82 Å². The smallest absolute Gasteiger partial charge is 0.409 e. The third-order valence-electron chi connectivity index (χ3n) is 4.65. The van der Waals surface area contributed by atoms with Crippen LogP contribution >= 0.6 is 0 Å². The minimum absolute atomic E-state index is 0.0497. The monoisotopic (exact) mass is 390 g/mol. The van der Waals surface area contributed by atoms with Crippen LogP contribution in [0.2, 0.25) is 0 Å². The Morgan fingerprint density at radius 1 is 1.11 bits per heavy atom. The molecule has 1 aliphatic heterocycles. The number of likely N-dealkylation sites (tertiary alicyclic amines) is 1. The van der Waals surface area contributed by atoms with Gasteiger partial charge in [0.25, 0.3) is 5.91 Å². The van der Waals surface area contributed by atoms with E-state index in [9.17, 15) is 14.4 Å². The average Bonchev–Trinajstić information content (AvgIpc) is 3.51. The topological polar surface area (TPSA) is 110 Å². The Morgan fingerprint density at radius 2 is 1.86 bits per heavy atom. The number of rotatable bonds is 7. The Bertz CT molecular complexity index is 697. The molecule has 3 rings (SSSR count). The summed E-state index contributed by atoms with van der Waals surface area (Å²) in [7, 11) is 0. The summed E-state index contributed by atoms with van der Waals surface area (Å²) in [6.45, 7) is 2.81. The third-order valence-corrected chi connectivity index (χ3v) is 4.65. The standard InChI is InChI=1S/C19H26N4O5/c1-2-27-19(26)23-9-7-15(8-10-23)22-17(24)12-28-18(25)13-3-6-16(20-11-13)21-14-4-5-14/h3,6,11,14-15H,2,4-5,7-10,12H2,1H3,(H,20,21)(H,22,24). The molecule has 2 N–H and O–H groups in total. The van der Waals surface area contributed by atoms with Gasteiger partial charge >= 0.3 is 12.1 Å². The van der Waals surface area contributed by atoms with Crippen molar-refractivity contribution >= 4 is 23.8 Å². The van der Waals surface area contributed by atoms with Crippen LogP contribution in [0.3, 0.4) is 0 Å². The highest BCUT2D eigenvalue weighted by atomic mass is 16.6. The first kappa shape index (κ1) is 19.9. The van der Waals surface area contributed by atoms with E-state index in [-0.39, 0.29) is 24.6 Å². The molecule has 9 heteroatoms. The van der Waals surface area contributed by atoms with Crippen LogP contribution in [0.4, 0.5) is 10.6 Å². The van der Waals surface area contributed by atoms with Crippen molar-refractivity contribution in [2.24, 2.45) is 0 Å². The molecule has 1 saturated carbocycles. The fourth-order valence-corrected chi connectivity index (χ4v) is 2.94. The average molecular weight is 390 g/mol. The maximum Gasteiger partial charge on any atom is 0.409 e. The maximum atomic E-state index is 12.0. The van der Waals surface area contributed by atoms with Crippen molar-refractivity contribution in [1.82, 2.24) is 15.2 Å². The summed E-state index contributed by atoms with van der Waals surface area (Å²) in [5.74, 6) is -0.216. The zero-order chi connectivity index (χ0) is 19.9. The predicted molar refractivity (Wildman–Crippen MR) is 101 cm³/mol.